The van der Waals surface area contributed by atoms with Crippen LogP contribution in [0.2, 0.25) is 0 Å². The fourth-order valence-electron chi connectivity index (χ4n) is 0.829. The molecule has 0 spiro atoms. The van der Waals surface area contributed by atoms with Gasteiger partial charge in [-0.1, -0.05) is 6.92 Å². The molecule has 0 aliphatic rings. The number of hydrogen-bond donors (Lipinski definition) is 3. The van der Waals surface area contributed by atoms with Gasteiger partial charge in [0.25, 0.3) is 0 Å². The molecule has 0 unspecified atom stereocenters. The van der Waals surface area contributed by atoms with Crippen molar-refractivity contribution in [3.8, 4) is 0 Å². The van der Waals surface area contributed by atoms with Gasteiger partial charge < -0.3 is 16.8 Å². The van der Waals surface area contributed by atoms with E-state index in [4.69, 9.17) is 11.5 Å². The molecule has 0 aliphatic carbocycles. The van der Waals surface area contributed by atoms with Gasteiger partial charge in [0.1, 0.15) is 11.6 Å². The van der Waals surface area contributed by atoms with Crippen LogP contribution in [0.4, 0.5) is 17.6 Å². The summed E-state index contributed by atoms with van der Waals surface area (Å²) < 4.78 is 0. The largest absolute Gasteiger partial charge is 0.383 e. The quantitative estimate of drug-likeness (QED) is 0.608. The topological polar surface area (TPSA) is 89.8 Å². The van der Waals surface area contributed by atoms with Gasteiger partial charge in [-0.3, -0.25) is 0 Å². The summed E-state index contributed by atoms with van der Waals surface area (Å²) in [5, 5.41) is 3.06. The Morgan fingerprint density at radius 3 is 2.75 bits per heavy atom. The molecule has 0 bridgehead atoms. The van der Waals surface area contributed by atoms with Gasteiger partial charge in [0.05, 0.1) is 0 Å². The number of nitrogen functional groups attached to an aromatic ring is 2. The van der Waals surface area contributed by atoms with E-state index in [1.165, 1.54) is 0 Å². The van der Waals surface area contributed by atoms with Gasteiger partial charge in [-0.05, 0) is 6.42 Å². The Labute approximate surface area is 71.2 Å². The normalized spacial score (nSPS) is 9.75. The molecule has 5 N–H and O–H groups in total. The summed E-state index contributed by atoms with van der Waals surface area (Å²) in [5.41, 5.74) is 10.8. The van der Waals surface area contributed by atoms with Gasteiger partial charge in [0, 0.05) is 12.6 Å². The molecule has 0 saturated heterocycles. The maximum atomic E-state index is 5.46. The van der Waals surface area contributed by atoms with Crippen LogP contribution < -0.4 is 16.8 Å². The van der Waals surface area contributed by atoms with Crippen molar-refractivity contribution in [1.82, 2.24) is 9.97 Å². The molecule has 0 fully saturated rings. The number of nitrogens with two attached hydrogens (primary N) is 2. The van der Waals surface area contributed by atoms with Crippen LogP contribution in [0.25, 0.3) is 0 Å². The highest BCUT2D eigenvalue weighted by Gasteiger charge is 1.97. The maximum absolute atomic E-state index is 5.46. The lowest BCUT2D eigenvalue weighted by molar-refractivity contribution is 0.967. The minimum atomic E-state index is 0.202. The number of nitrogens with zero attached hydrogens (tertiary/aromatic N) is 2. The molecule has 0 amide bonds. The van der Waals surface area contributed by atoms with Crippen molar-refractivity contribution in [3.63, 3.8) is 0 Å². The zero-order valence-corrected chi connectivity index (χ0v) is 7.04. The number of anilines is 3. The van der Waals surface area contributed by atoms with E-state index >= 15 is 0 Å². The Hall–Kier alpha value is -1.52. The van der Waals surface area contributed by atoms with Gasteiger partial charge in [0.15, 0.2) is 0 Å². The molecule has 0 saturated carbocycles. The highest BCUT2D eigenvalue weighted by molar-refractivity contribution is 5.48. The molecule has 66 valence electrons. The molecule has 5 heteroatoms. The van der Waals surface area contributed by atoms with E-state index in [2.05, 4.69) is 22.2 Å². The van der Waals surface area contributed by atoms with Crippen molar-refractivity contribution < 1.29 is 0 Å². The third-order valence-electron chi connectivity index (χ3n) is 1.32. The lowest BCUT2D eigenvalue weighted by atomic mass is 10.4. The lowest BCUT2D eigenvalue weighted by Crippen LogP contribution is -2.06. The van der Waals surface area contributed by atoms with Gasteiger partial charge in [-0.2, -0.15) is 9.97 Å². The third kappa shape index (κ3) is 2.26. The fourth-order valence-corrected chi connectivity index (χ4v) is 0.829. The molecule has 1 heterocycles. The maximum Gasteiger partial charge on any atom is 0.223 e. The van der Waals surface area contributed by atoms with Crippen LogP contribution in [0, 0.1) is 0 Å². The molecule has 1 rings (SSSR count). The van der Waals surface area contributed by atoms with Gasteiger partial charge >= 0.3 is 0 Å². The molecule has 1 aromatic rings. The monoisotopic (exact) mass is 167 g/mol. The van der Waals surface area contributed by atoms with Gasteiger partial charge in [-0.15, -0.1) is 0 Å². The van der Waals surface area contributed by atoms with Crippen LogP contribution in [0.5, 0.6) is 0 Å². The average molecular weight is 167 g/mol. The van der Waals surface area contributed by atoms with Gasteiger partial charge in [0.2, 0.25) is 5.95 Å². The summed E-state index contributed by atoms with van der Waals surface area (Å²) in [6, 6.07) is 1.66. The Kier molecular flexibility index (Phi) is 2.68. The van der Waals surface area contributed by atoms with Crippen LogP contribution >= 0.6 is 0 Å². The highest BCUT2D eigenvalue weighted by atomic mass is 15.1. The average Bonchev–Trinajstić information content (AvgIpc) is 1.99. The van der Waals surface area contributed by atoms with E-state index in [-0.39, 0.29) is 5.95 Å². The van der Waals surface area contributed by atoms with E-state index in [1.807, 2.05) is 0 Å². The second-order valence-corrected chi connectivity index (χ2v) is 2.46. The number of nitrogens with one attached hydrogen (secondary N) is 1. The standard InChI is InChI=1S/C7H13N5/c1-2-3-10-6-4-5(8)11-7(9)12-6/h4H,2-3H2,1H3,(H5,8,9,10,11,12). The van der Waals surface area contributed by atoms with Crippen LogP contribution in [-0.2, 0) is 0 Å². The summed E-state index contributed by atoms with van der Waals surface area (Å²) in [6.07, 6.45) is 1.03. The van der Waals surface area contributed by atoms with E-state index in [9.17, 15) is 0 Å². The lowest BCUT2D eigenvalue weighted by Gasteiger charge is -2.04. The SMILES string of the molecule is CCCNc1cc(N)nc(N)n1. The molecule has 0 radical (unpaired) electrons. The van der Waals surface area contributed by atoms with Crippen molar-refractivity contribution in [2.75, 3.05) is 23.3 Å². The first-order chi connectivity index (χ1) is 5.72. The van der Waals surface area contributed by atoms with Crippen molar-refractivity contribution in [3.05, 3.63) is 6.07 Å². The molecule has 5 nitrogen and oxygen atoms in total. The Morgan fingerprint density at radius 2 is 2.17 bits per heavy atom. The van der Waals surface area contributed by atoms with Crippen molar-refractivity contribution in [2.24, 2.45) is 0 Å². The van der Waals surface area contributed by atoms with Crippen molar-refractivity contribution in [1.29, 1.82) is 0 Å². The molecular formula is C7H13N5. The van der Waals surface area contributed by atoms with Crippen molar-refractivity contribution >= 4 is 17.6 Å². The van der Waals surface area contributed by atoms with E-state index in [0.717, 1.165) is 13.0 Å². The van der Waals surface area contributed by atoms with Crippen LogP contribution in [0.1, 0.15) is 13.3 Å². The fraction of sp³-hybridized carbons (Fsp3) is 0.429. The van der Waals surface area contributed by atoms with Crippen LogP contribution in [-0.4, -0.2) is 16.5 Å². The highest BCUT2D eigenvalue weighted by Crippen LogP contribution is 2.08. The molecule has 1 aromatic heterocycles. The smallest absolute Gasteiger partial charge is 0.223 e. The molecular weight excluding hydrogens is 154 g/mol. The van der Waals surface area contributed by atoms with E-state index < -0.39 is 0 Å². The summed E-state index contributed by atoms with van der Waals surface area (Å²) in [5.74, 6) is 1.27. The minimum Gasteiger partial charge on any atom is -0.383 e. The number of hydrogen-bond acceptors (Lipinski definition) is 5. The Morgan fingerprint density at radius 1 is 1.42 bits per heavy atom. The zero-order valence-electron chi connectivity index (χ0n) is 7.04. The zero-order chi connectivity index (χ0) is 8.97. The molecule has 0 aromatic carbocycles. The first-order valence-electron chi connectivity index (χ1n) is 3.86. The Bertz CT molecular complexity index is 240. The number of aromatic nitrogens is 2. The molecule has 0 aliphatic heterocycles. The number of rotatable bonds is 3. The minimum absolute atomic E-state index is 0.202. The second-order valence-electron chi connectivity index (χ2n) is 2.46. The summed E-state index contributed by atoms with van der Waals surface area (Å²) in [7, 11) is 0. The third-order valence-corrected chi connectivity index (χ3v) is 1.32. The van der Waals surface area contributed by atoms with E-state index in [1.54, 1.807) is 6.07 Å². The second kappa shape index (κ2) is 3.75. The first kappa shape index (κ1) is 8.58. The molecule has 12 heavy (non-hydrogen) atoms. The summed E-state index contributed by atoms with van der Waals surface area (Å²) in [4.78, 5) is 7.69. The predicted molar refractivity (Wildman–Crippen MR) is 49.6 cm³/mol. The first-order valence-corrected chi connectivity index (χ1v) is 3.86. The van der Waals surface area contributed by atoms with E-state index in [0.29, 0.717) is 11.6 Å². The summed E-state index contributed by atoms with van der Waals surface area (Å²) >= 11 is 0. The van der Waals surface area contributed by atoms with Gasteiger partial charge in [-0.25, -0.2) is 0 Å². The molecule has 0 atom stereocenters. The van der Waals surface area contributed by atoms with Crippen LogP contribution in [0.15, 0.2) is 6.07 Å². The van der Waals surface area contributed by atoms with Crippen molar-refractivity contribution in [2.45, 2.75) is 13.3 Å². The predicted octanol–water partition coefficient (Wildman–Crippen LogP) is 0.463. The Balaban J connectivity index is 2.72. The summed E-state index contributed by atoms with van der Waals surface area (Å²) in [6.45, 7) is 2.93. The van der Waals surface area contributed by atoms with Crippen LogP contribution in [0.3, 0.4) is 0 Å².